The number of aromatic nitrogens is 1. The Labute approximate surface area is 132 Å². The van der Waals surface area contributed by atoms with Crippen LogP contribution in [0.25, 0.3) is 0 Å². The van der Waals surface area contributed by atoms with Gasteiger partial charge >= 0.3 is 0 Å². The highest BCUT2D eigenvalue weighted by Gasteiger charge is 2.15. The van der Waals surface area contributed by atoms with Crippen LogP contribution in [0, 0.1) is 0 Å². The van der Waals surface area contributed by atoms with E-state index in [9.17, 15) is 0 Å². The first-order valence-electron chi connectivity index (χ1n) is 7.95. The fraction of sp³-hybridized carbons (Fsp3) is 0.625. The van der Waals surface area contributed by atoms with E-state index in [1.165, 1.54) is 0 Å². The van der Waals surface area contributed by atoms with Crippen molar-refractivity contribution in [2.45, 2.75) is 38.8 Å². The summed E-state index contributed by atoms with van der Waals surface area (Å²) in [6.07, 6.45) is 5.38. The van der Waals surface area contributed by atoms with Gasteiger partial charge in [-0.15, -0.1) is 0 Å². The van der Waals surface area contributed by atoms with Gasteiger partial charge in [-0.3, -0.25) is 4.99 Å². The van der Waals surface area contributed by atoms with Crippen molar-refractivity contribution in [1.82, 2.24) is 15.6 Å². The van der Waals surface area contributed by atoms with Crippen LogP contribution in [-0.4, -0.2) is 43.9 Å². The molecule has 0 spiro atoms. The molecule has 0 saturated carbocycles. The Hall–Kier alpha value is -1.82. The molecule has 2 N–H and O–H groups in total. The smallest absolute Gasteiger partial charge is 0.213 e. The third-order valence-electron chi connectivity index (χ3n) is 3.46. The Morgan fingerprint density at radius 2 is 2.36 bits per heavy atom. The van der Waals surface area contributed by atoms with Gasteiger partial charge in [-0.05, 0) is 24.8 Å². The van der Waals surface area contributed by atoms with Gasteiger partial charge in [-0.1, -0.05) is 13.0 Å². The molecule has 1 unspecified atom stereocenters. The maximum atomic E-state index is 5.59. The molecule has 0 aliphatic carbocycles. The molecular weight excluding hydrogens is 280 g/mol. The summed E-state index contributed by atoms with van der Waals surface area (Å²) < 4.78 is 11.1. The second-order valence-corrected chi connectivity index (χ2v) is 5.29. The lowest BCUT2D eigenvalue weighted by Gasteiger charge is -2.15. The number of nitrogens with zero attached hydrogens (tertiary/aromatic N) is 2. The van der Waals surface area contributed by atoms with Gasteiger partial charge in [0.05, 0.1) is 12.7 Å². The predicted molar refractivity (Wildman–Crippen MR) is 87.2 cm³/mol. The molecule has 0 radical (unpaired) electrons. The molecule has 1 aliphatic heterocycles. The lowest BCUT2D eigenvalue weighted by atomic mass is 10.2. The third kappa shape index (κ3) is 5.52. The van der Waals surface area contributed by atoms with Crippen molar-refractivity contribution in [3.8, 4) is 5.88 Å². The molecule has 0 aromatic carbocycles. The number of ether oxygens (including phenoxy) is 2. The van der Waals surface area contributed by atoms with Crippen molar-refractivity contribution in [2.24, 2.45) is 4.99 Å². The summed E-state index contributed by atoms with van der Waals surface area (Å²) in [4.78, 5) is 8.50. The van der Waals surface area contributed by atoms with Crippen molar-refractivity contribution < 1.29 is 9.47 Å². The predicted octanol–water partition coefficient (Wildman–Crippen LogP) is 1.71. The van der Waals surface area contributed by atoms with Gasteiger partial charge in [0.25, 0.3) is 0 Å². The summed E-state index contributed by atoms with van der Waals surface area (Å²) in [6.45, 7) is 5.11. The van der Waals surface area contributed by atoms with Crippen LogP contribution >= 0.6 is 0 Å². The molecule has 2 heterocycles. The van der Waals surface area contributed by atoms with Crippen LogP contribution in [0.3, 0.4) is 0 Å². The second-order valence-electron chi connectivity index (χ2n) is 5.29. The van der Waals surface area contributed by atoms with Gasteiger partial charge in [0.15, 0.2) is 5.96 Å². The first kappa shape index (κ1) is 16.5. The zero-order valence-corrected chi connectivity index (χ0v) is 13.5. The summed E-state index contributed by atoms with van der Waals surface area (Å²) in [7, 11) is 1.77. The first-order chi connectivity index (χ1) is 10.8. The zero-order chi connectivity index (χ0) is 15.6. The van der Waals surface area contributed by atoms with Gasteiger partial charge in [0.1, 0.15) is 0 Å². The topological polar surface area (TPSA) is 67.8 Å². The Kier molecular flexibility index (Phi) is 6.96. The standard InChI is InChI=1S/C16H26N4O2/c1-3-8-22-15-7-6-13(10-18-15)11-19-16(17-2)20-12-14-5-4-9-21-14/h6-7,10,14H,3-5,8-9,11-12H2,1-2H3,(H2,17,19,20). The highest BCUT2D eigenvalue weighted by Crippen LogP contribution is 2.10. The first-order valence-corrected chi connectivity index (χ1v) is 7.95. The van der Waals surface area contributed by atoms with Gasteiger partial charge < -0.3 is 20.1 Å². The molecule has 2 rings (SSSR count). The largest absolute Gasteiger partial charge is 0.478 e. The Morgan fingerprint density at radius 1 is 1.45 bits per heavy atom. The molecule has 1 saturated heterocycles. The molecule has 6 heteroatoms. The fourth-order valence-electron chi connectivity index (χ4n) is 2.23. The number of rotatable bonds is 7. The summed E-state index contributed by atoms with van der Waals surface area (Å²) in [5, 5.41) is 6.56. The Morgan fingerprint density at radius 3 is 3.00 bits per heavy atom. The molecule has 1 aromatic heterocycles. The van der Waals surface area contributed by atoms with E-state index >= 15 is 0 Å². The van der Waals surface area contributed by atoms with Gasteiger partial charge in [0, 0.05) is 39.0 Å². The maximum absolute atomic E-state index is 5.59. The van der Waals surface area contributed by atoms with Crippen LogP contribution < -0.4 is 15.4 Å². The Bertz CT molecular complexity index is 456. The van der Waals surface area contributed by atoms with E-state index in [2.05, 4.69) is 27.5 Å². The summed E-state index contributed by atoms with van der Waals surface area (Å²) in [6, 6.07) is 3.91. The van der Waals surface area contributed by atoms with E-state index in [1.54, 1.807) is 7.05 Å². The minimum absolute atomic E-state index is 0.301. The van der Waals surface area contributed by atoms with Crippen molar-refractivity contribution >= 4 is 5.96 Å². The minimum Gasteiger partial charge on any atom is -0.478 e. The number of aliphatic imine (C=N–C) groups is 1. The highest BCUT2D eigenvalue weighted by atomic mass is 16.5. The molecular formula is C16H26N4O2. The van der Waals surface area contributed by atoms with Crippen molar-refractivity contribution in [3.05, 3.63) is 23.9 Å². The van der Waals surface area contributed by atoms with Crippen LogP contribution in [-0.2, 0) is 11.3 Å². The molecule has 122 valence electrons. The summed E-state index contributed by atoms with van der Waals surface area (Å²) >= 11 is 0. The highest BCUT2D eigenvalue weighted by molar-refractivity contribution is 5.79. The van der Waals surface area contributed by atoms with Crippen LogP contribution in [0.4, 0.5) is 0 Å². The van der Waals surface area contributed by atoms with Crippen LogP contribution in [0.15, 0.2) is 23.3 Å². The van der Waals surface area contributed by atoms with E-state index < -0.39 is 0 Å². The molecule has 0 bridgehead atoms. The van der Waals surface area contributed by atoms with Crippen LogP contribution in [0.2, 0.25) is 0 Å². The zero-order valence-electron chi connectivity index (χ0n) is 13.5. The maximum Gasteiger partial charge on any atom is 0.213 e. The van der Waals surface area contributed by atoms with Crippen LogP contribution in [0.5, 0.6) is 5.88 Å². The molecule has 22 heavy (non-hydrogen) atoms. The van der Waals surface area contributed by atoms with Crippen molar-refractivity contribution in [3.63, 3.8) is 0 Å². The van der Waals surface area contributed by atoms with Crippen molar-refractivity contribution in [2.75, 3.05) is 26.8 Å². The summed E-state index contributed by atoms with van der Waals surface area (Å²) in [5.41, 5.74) is 1.09. The SMILES string of the molecule is CCCOc1ccc(CNC(=NC)NCC2CCCO2)cn1. The van der Waals surface area contributed by atoms with E-state index in [0.717, 1.165) is 43.9 Å². The number of hydrogen-bond acceptors (Lipinski definition) is 4. The van der Waals surface area contributed by atoms with Gasteiger partial charge in [-0.2, -0.15) is 0 Å². The average molecular weight is 306 g/mol. The molecule has 0 amide bonds. The molecule has 1 aromatic rings. The monoisotopic (exact) mass is 306 g/mol. The minimum atomic E-state index is 0.301. The van der Waals surface area contributed by atoms with E-state index in [0.29, 0.717) is 25.1 Å². The average Bonchev–Trinajstić information content (AvgIpc) is 3.07. The van der Waals surface area contributed by atoms with Crippen molar-refractivity contribution in [1.29, 1.82) is 0 Å². The van der Waals surface area contributed by atoms with Gasteiger partial charge in [-0.25, -0.2) is 4.98 Å². The normalized spacial score (nSPS) is 18.3. The number of nitrogens with one attached hydrogen (secondary N) is 2. The van der Waals surface area contributed by atoms with E-state index in [-0.39, 0.29) is 0 Å². The number of hydrogen-bond donors (Lipinski definition) is 2. The lowest BCUT2D eigenvalue weighted by molar-refractivity contribution is 0.114. The van der Waals surface area contributed by atoms with Gasteiger partial charge in [0.2, 0.25) is 5.88 Å². The quantitative estimate of drug-likeness (QED) is 0.593. The second kappa shape index (κ2) is 9.25. The number of guanidine groups is 1. The molecule has 1 fully saturated rings. The van der Waals surface area contributed by atoms with Crippen LogP contribution in [0.1, 0.15) is 31.7 Å². The van der Waals surface area contributed by atoms with E-state index in [4.69, 9.17) is 9.47 Å². The fourth-order valence-corrected chi connectivity index (χ4v) is 2.23. The summed E-state index contributed by atoms with van der Waals surface area (Å²) in [5.74, 6) is 1.45. The molecule has 1 aliphatic rings. The molecule has 6 nitrogen and oxygen atoms in total. The molecule has 1 atom stereocenters. The lowest BCUT2D eigenvalue weighted by Crippen LogP contribution is -2.40. The third-order valence-corrected chi connectivity index (χ3v) is 3.46. The Balaban J connectivity index is 1.72. The number of pyridine rings is 1. The van der Waals surface area contributed by atoms with E-state index in [1.807, 2.05) is 18.3 Å².